The molecular weight excluding hydrogens is 376 g/mol. The first-order valence-corrected chi connectivity index (χ1v) is 10.2. The molecule has 1 heterocycles. The van der Waals surface area contributed by atoms with E-state index in [1.54, 1.807) is 22.7 Å². The number of benzene rings is 2. The number of rotatable bonds is 6. The van der Waals surface area contributed by atoms with Crippen LogP contribution in [0.4, 0.5) is 5.69 Å². The molecule has 0 aromatic heterocycles. The molecule has 0 N–H and O–H groups in total. The zero-order chi connectivity index (χ0) is 20.1. The monoisotopic (exact) mass is 400 g/mol. The maximum absolute atomic E-state index is 13.0. The molecule has 1 aliphatic heterocycles. The number of fused-ring (bicyclic) bond motifs is 1. The summed E-state index contributed by atoms with van der Waals surface area (Å²) in [6, 6.07) is 15.5. The van der Waals surface area contributed by atoms with Gasteiger partial charge in [-0.3, -0.25) is 9.69 Å². The van der Waals surface area contributed by atoms with E-state index in [1.165, 1.54) is 12.0 Å². The number of para-hydroxylation sites is 2. The van der Waals surface area contributed by atoms with E-state index in [2.05, 4.69) is 24.3 Å². The molecular formula is C21H24N2O4S. The highest BCUT2D eigenvalue weighted by atomic mass is 32.2. The van der Waals surface area contributed by atoms with Crippen LogP contribution in [0.1, 0.15) is 5.56 Å². The van der Waals surface area contributed by atoms with Gasteiger partial charge in [0.1, 0.15) is 5.75 Å². The predicted molar refractivity (Wildman–Crippen MR) is 110 cm³/mol. The van der Waals surface area contributed by atoms with E-state index in [4.69, 9.17) is 9.47 Å². The lowest BCUT2D eigenvalue weighted by molar-refractivity contribution is -0.148. The summed E-state index contributed by atoms with van der Waals surface area (Å²) in [5, 5.41) is 0. The molecule has 6 nitrogen and oxygen atoms in total. The molecule has 0 aliphatic carbocycles. The summed E-state index contributed by atoms with van der Waals surface area (Å²) >= 11 is 1.70. The third kappa shape index (κ3) is 4.66. The summed E-state index contributed by atoms with van der Waals surface area (Å²) < 4.78 is 10.5. The number of thioether (sulfide) groups is 1. The number of hydrogen-bond donors (Lipinski definition) is 0. The van der Waals surface area contributed by atoms with Gasteiger partial charge in [0.05, 0.1) is 25.9 Å². The summed E-state index contributed by atoms with van der Waals surface area (Å²) in [4.78, 5) is 29.7. The molecule has 1 aliphatic rings. The first-order chi connectivity index (χ1) is 13.5. The molecule has 0 fully saturated rings. The Kier molecular flexibility index (Phi) is 6.59. The number of anilines is 1. The molecule has 2 aromatic carbocycles. The van der Waals surface area contributed by atoms with E-state index in [1.807, 2.05) is 36.4 Å². The Morgan fingerprint density at radius 3 is 2.61 bits per heavy atom. The molecule has 0 saturated heterocycles. The molecule has 3 rings (SSSR count). The minimum Gasteiger partial charge on any atom is -0.475 e. The van der Waals surface area contributed by atoms with Crippen molar-refractivity contribution in [3.63, 3.8) is 0 Å². The van der Waals surface area contributed by atoms with Crippen molar-refractivity contribution >= 4 is 29.3 Å². The van der Waals surface area contributed by atoms with E-state index in [9.17, 15) is 9.59 Å². The van der Waals surface area contributed by atoms with Gasteiger partial charge < -0.3 is 14.4 Å². The molecule has 0 unspecified atom stereocenters. The SMILES string of the molecule is COC(=O)[C@H]1CN(C(=O)CN(C)Cc2ccc(SC)cc2)c2ccccc2O1. The topological polar surface area (TPSA) is 59.1 Å². The number of likely N-dealkylation sites (N-methyl/N-ethyl adjacent to an activating group) is 1. The number of methoxy groups -OCH3 is 1. The van der Waals surface area contributed by atoms with Crippen molar-refractivity contribution in [2.45, 2.75) is 17.5 Å². The van der Waals surface area contributed by atoms with Gasteiger partial charge in [-0.05, 0) is 43.1 Å². The summed E-state index contributed by atoms with van der Waals surface area (Å²) in [5.41, 5.74) is 1.81. The Balaban J connectivity index is 1.70. The molecule has 0 saturated carbocycles. The molecule has 0 radical (unpaired) electrons. The third-order valence-corrected chi connectivity index (χ3v) is 5.30. The average molecular weight is 401 g/mol. The van der Waals surface area contributed by atoms with Gasteiger partial charge >= 0.3 is 5.97 Å². The Morgan fingerprint density at radius 1 is 1.21 bits per heavy atom. The Labute approximate surface area is 169 Å². The van der Waals surface area contributed by atoms with Crippen molar-refractivity contribution in [1.29, 1.82) is 0 Å². The number of ether oxygens (including phenoxy) is 2. The third-order valence-electron chi connectivity index (χ3n) is 4.56. The molecule has 2 aromatic rings. The largest absolute Gasteiger partial charge is 0.475 e. The highest BCUT2D eigenvalue weighted by Crippen LogP contribution is 2.33. The maximum Gasteiger partial charge on any atom is 0.348 e. The van der Waals surface area contributed by atoms with Crippen molar-refractivity contribution in [1.82, 2.24) is 4.90 Å². The van der Waals surface area contributed by atoms with Crippen molar-refractivity contribution in [2.75, 3.05) is 38.4 Å². The second-order valence-electron chi connectivity index (χ2n) is 6.62. The Bertz CT molecular complexity index is 841. The van der Waals surface area contributed by atoms with Gasteiger partial charge in [-0.25, -0.2) is 4.79 Å². The van der Waals surface area contributed by atoms with Crippen LogP contribution in [0, 0.1) is 0 Å². The quantitative estimate of drug-likeness (QED) is 0.549. The second-order valence-corrected chi connectivity index (χ2v) is 7.50. The van der Waals surface area contributed by atoms with Gasteiger partial charge in [0.2, 0.25) is 12.0 Å². The number of amides is 1. The number of esters is 1. The predicted octanol–water partition coefficient (Wildman–Crippen LogP) is 2.81. The van der Waals surface area contributed by atoms with Gasteiger partial charge in [-0.2, -0.15) is 0 Å². The molecule has 28 heavy (non-hydrogen) atoms. The number of hydrogen-bond acceptors (Lipinski definition) is 6. The van der Waals surface area contributed by atoms with Crippen LogP contribution in [0.3, 0.4) is 0 Å². The van der Waals surface area contributed by atoms with E-state index in [0.717, 1.165) is 5.56 Å². The molecule has 7 heteroatoms. The van der Waals surface area contributed by atoms with Crippen molar-refractivity contribution in [2.24, 2.45) is 0 Å². The van der Waals surface area contributed by atoms with E-state index >= 15 is 0 Å². The van der Waals surface area contributed by atoms with Crippen LogP contribution >= 0.6 is 11.8 Å². The van der Waals surface area contributed by atoms with Crippen LogP contribution in [0.5, 0.6) is 5.75 Å². The minimum absolute atomic E-state index is 0.0899. The van der Waals surface area contributed by atoms with E-state index in [0.29, 0.717) is 18.0 Å². The first-order valence-electron chi connectivity index (χ1n) is 8.97. The Hall–Kier alpha value is -2.51. The van der Waals surface area contributed by atoms with Gasteiger partial charge in [0, 0.05) is 11.4 Å². The van der Waals surface area contributed by atoms with Crippen LogP contribution in [0.15, 0.2) is 53.4 Å². The highest BCUT2D eigenvalue weighted by molar-refractivity contribution is 7.98. The standard InChI is InChI=1S/C21H24N2O4S/c1-22(12-15-8-10-16(28-3)11-9-15)14-20(24)23-13-19(21(25)26-2)27-18-7-5-4-6-17(18)23/h4-11,19H,12-14H2,1-3H3/t19-/m1/s1. The van der Waals surface area contributed by atoms with Crippen molar-refractivity contribution in [3.05, 3.63) is 54.1 Å². The molecule has 0 spiro atoms. The lowest BCUT2D eigenvalue weighted by atomic mass is 10.1. The van der Waals surface area contributed by atoms with Crippen LogP contribution in [0.25, 0.3) is 0 Å². The molecule has 1 atom stereocenters. The normalized spacial score (nSPS) is 15.7. The minimum atomic E-state index is -0.826. The molecule has 1 amide bonds. The fourth-order valence-electron chi connectivity index (χ4n) is 3.14. The molecule has 148 valence electrons. The fourth-order valence-corrected chi connectivity index (χ4v) is 3.55. The maximum atomic E-state index is 13.0. The summed E-state index contributed by atoms with van der Waals surface area (Å²) in [5.74, 6) is -0.0739. The highest BCUT2D eigenvalue weighted by Gasteiger charge is 2.34. The van der Waals surface area contributed by atoms with Gasteiger partial charge in [0.25, 0.3) is 0 Å². The van der Waals surface area contributed by atoms with Gasteiger partial charge in [-0.15, -0.1) is 11.8 Å². The first kappa shape index (κ1) is 20.2. The molecule has 0 bridgehead atoms. The van der Waals surface area contributed by atoms with Crippen LogP contribution in [-0.4, -0.2) is 56.4 Å². The van der Waals surface area contributed by atoms with Crippen LogP contribution in [0.2, 0.25) is 0 Å². The summed E-state index contributed by atoms with van der Waals surface area (Å²) in [7, 11) is 3.22. The summed E-state index contributed by atoms with van der Waals surface area (Å²) in [6.07, 6.45) is 1.22. The van der Waals surface area contributed by atoms with Crippen LogP contribution < -0.4 is 9.64 Å². The van der Waals surface area contributed by atoms with Crippen molar-refractivity contribution < 1.29 is 19.1 Å². The van der Waals surface area contributed by atoms with Gasteiger partial charge in [-0.1, -0.05) is 24.3 Å². The summed E-state index contributed by atoms with van der Waals surface area (Å²) in [6.45, 7) is 1.03. The van der Waals surface area contributed by atoms with Crippen molar-refractivity contribution in [3.8, 4) is 5.75 Å². The average Bonchev–Trinajstić information content (AvgIpc) is 2.72. The zero-order valence-electron chi connectivity index (χ0n) is 16.3. The Morgan fingerprint density at radius 2 is 1.93 bits per heavy atom. The number of carbonyl (C=O) groups excluding carboxylic acids is 2. The number of nitrogens with zero attached hydrogens (tertiary/aromatic N) is 2. The van der Waals surface area contributed by atoms with Gasteiger partial charge in [0.15, 0.2) is 0 Å². The lowest BCUT2D eigenvalue weighted by Crippen LogP contribution is -2.49. The lowest BCUT2D eigenvalue weighted by Gasteiger charge is -2.34. The smallest absolute Gasteiger partial charge is 0.348 e. The van der Waals surface area contributed by atoms with E-state index in [-0.39, 0.29) is 19.0 Å². The zero-order valence-corrected chi connectivity index (χ0v) is 17.1. The van der Waals surface area contributed by atoms with Crippen LogP contribution in [-0.2, 0) is 20.9 Å². The van der Waals surface area contributed by atoms with E-state index < -0.39 is 12.1 Å². The number of carbonyl (C=O) groups is 2. The fraction of sp³-hybridized carbons (Fsp3) is 0.333. The second kappa shape index (κ2) is 9.12.